The molecule has 6 heteroatoms. The summed E-state index contributed by atoms with van der Waals surface area (Å²) in [5, 5.41) is 7.49. The second kappa shape index (κ2) is 5.68. The van der Waals surface area contributed by atoms with Crippen LogP contribution in [0.15, 0.2) is 23.2 Å². The molecule has 0 aliphatic heterocycles. The zero-order chi connectivity index (χ0) is 13.0. The van der Waals surface area contributed by atoms with Crippen molar-refractivity contribution in [3.8, 4) is 5.88 Å². The summed E-state index contributed by atoms with van der Waals surface area (Å²) < 4.78 is 5.06. The molecular weight excluding hydrogens is 248 g/mol. The molecule has 0 amide bonds. The topological polar surface area (TPSA) is 73.1 Å². The summed E-state index contributed by atoms with van der Waals surface area (Å²) >= 11 is 1.70. The Kier molecular flexibility index (Phi) is 3.99. The van der Waals surface area contributed by atoms with Gasteiger partial charge in [0, 0.05) is 6.04 Å². The van der Waals surface area contributed by atoms with Gasteiger partial charge in [-0.25, -0.2) is 4.98 Å². The molecule has 0 aromatic carbocycles. The minimum atomic E-state index is 0.238. The molecule has 18 heavy (non-hydrogen) atoms. The normalized spacial score (nSPS) is 12.1. The molecule has 0 saturated heterocycles. The average Bonchev–Trinajstić information content (AvgIpc) is 2.84. The number of hydrogen-bond acceptors (Lipinski definition) is 6. The fourth-order valence-corrected chi connectivity index (χ4v) is 2.39. The smallest absolute Gasteiger partial charge is 0.242 e. The number of nitrogens with two attached hydrogens (primary N) is 1. The number of anilines is 2. The van der Waals surface area contributed by atoms with E-state index in [-0.39, 0.29) is 6.04 Å². The predicted octanol–water partition coefficient (Wildman–Crippen LogP) is 2.17. The lowest BCUT2D eigenvalue weighted by molar-refractivity contribution is 0.399. The molecule has 0 saturated carbocycles. The molecule has 2 heterocycles. The maximum Gasteiger partial charge on any atom is 0.242 e. The largest absolute Gasteiger partial charge is 0.479 e. The monoisotopic (exact) mass is 264 g/mol. The van der Waals surface area contributed by atoms with Gasteiger partial charge < -0.3 is 15.8 Å². The molecular formula is C12H16N4OS. The first-order valence-electron chi connectivity index (χ1n) is 5.62. The van der Waals surface area contributed by atoms with Crippen LogP contribution in [0.2, 0.25) is 0 Å². The first-order chi connectivity index (χ1) is 8.70. The zero-order valence-electron chi connectivity index (χ0n) is 10.4. The summed E-state index contributed by atoms with van der Waals surface area (Å²) in [4.78, 5) is 8.08. The zero-order valence-corrected chi connectivity index (χ0v) is 11.2. The lowest BCUT2D eigenvalue weighted by atomic mass is 10.1. The van der Waals surface area contributed by atoms with Crippen molar-refractivity contribution in [2.24, 2.45) is 0 Å². The van der Waals surface area contributed by atoms with Crippen molar-refractivity contribution in [1.29, 1.82) is 0 Å². The number of hydrogen-bond donors (Lipinski definition) is 2. The third kappa shape index (κ3) is 2.89. The Hall–Kier alpha value is -1.82. The standard InChI is InChI=1S/C12H16N4OS/c1-8(5-9-3-4-18-6-9)16-11-10(13)12(17-2)15-7-14-11/h3-4,6-8H,5,13H2,1-2H3,(H,14,15,16). The summed E-state index contributed by atoms with van der Waals surface area (Å²) in [7, 11) is 1.54. The highest BCUT2D eigenvalue weighted by molar-refractivity contribution is 7.07. The van der Waals surface area contributed by atoms with E-state index in [1.165, 1.54) is 19.0 Å². The van der Waals surface area contributed by atoms with E-state index in [2.05, 4.69) is 39.0 Å². The van der Waals surface area contributed by atoms with Gasteiger partial charge in [0.05, 0.1) is 7.11 Å². The maximum atomic E-state index is 5.91. The number of methoxy groups -OCH3 is 1. The van der Waals surface area contributed by atoms with E-state index in [4.69, 9.17) is 10.5 Å². The van der Waals surface area contributed by atoms with Gasteiger partial charge in [-0.3, -0.25) is 0 Å². The van der Waals surface area contributed by atoms with Crippen LogP contribution in [0, 0.1) is 0 Å². The van der Waals surface area contributed by atoms with Gasteiger partial charge in [-0.1, -0.05) is 0 Å². The molecule has 5 nitrogen and oxygen atoms in total. The molecule has 3 N–H and O–H groups in total. The quantitative estimate of drug-likeness (QED) is 0.866. The molecule has 2 aromatic heterocycles. The molecule has 0 spiro atoms. The van der Waals surface area contributed by atoms with Crippen molar-refractivity contribution in [1.82, 2.24) is 9.97 Å². The molecule has 1 atom stereocenters. The average molecular weight is 264 g/mol. The first-order valence-corrected chi connectivity index (χ1v) is 6.57. The SMILES string of the molecule is COc1ncnc(NC(C)Cc2ccsc2)c1N. The van der Waals surface area contributed by atoms with E-state index in [9.17, 15) is 0 Å². The van der Waals surface area contributed by atoms with Crippen molar-refractivity contribution in [2.75, 3.05) is 18.2 Å². The van der Waals surface area contributed by atoms with Crippen LogP contribution < -0.4 is 15.8 Å². The van der Waals surface area contributed by atoms with Crippen molar-refractivity contribution in [2.45, 2.75) is 19.4 Å². The Morgan fingerprint density at radius 1 is 1.50 bits per heavy atom. The Morgan fingerprint density at radius 3 is 3.00 bits per heavy atom. The van der Waals surface area contributed by atoms with Crippen molar-refractivity contribution in [3.63, 3.8) is 0 Å². The van der Waals surface area contributed by atoms with Crippen LogP contribution in [0.25, 0.3) is 0 Å². The maximum absolute atomic E-state index is 5.91. The summed E-state index contributed by atoms with van der Waals surface area (Å²) in [6, 6.07) is 2.36. The fraction of sp³-hybridized carbons (Fsp3) is 0.333. The molecule has 0 radical (unpaired) electrons. The van der Waals surface area contributed by atoms with E-state index in [0.29, 0.717) is 17.4 Å². The molecule has 0 bridgehead atoms. The minimum Gasteiger partial charge on any atom is -0.479 e. The van der Waals surface area contributed by atoms with Crippen molar-refractivity contribution in [3.05, 3.63) is 28.7 Å². The van der Waals surface area contributed by atoms with Gasteiger partial charge in [0.25, 0.3) is 0 Å². The van der Waals surface area contributed by atoms with E-state index in [1.54, 1.807) is 11.3 Å². The van der Waals surface area contributed by atoms with E-state index >= 15 is 0 Å². The Morgan fingerprint density at radius 2 is 2.33 bits per heavy atom. The Bertz CT molecular complexity index is 501. The van der Waals surface area contributed by atoms with Crippen molar-refractivity contribution < 1.29 is 4.74 Å². The predicted molar refractivity (Wildman–Crippen MR) is 74.1 cm³/mol. The molecule has 0 aliphatic carbocycles. The van der Waals surface area contributed by atoms with Gasteiger partial charge in [-0.15, -0.1) is 0 Å². The second-order valence-corrected chi connectivity index (χ2v) is 4.81. The number of ether oxygens (including phenoxy) is 1. The Labute approximate surface area is 110 Å². The third-order valence-electron chi connectivity index (χ3n) is 2.55. The molecule has 1 unspecified atom stereocenters. The fourth-order valence-electron chi connectivity index (χ4n) is 1.70. The number of aromatic nitrogens is 2. The molecule has 2 aromatic rings. The van der Waals surface area contributed by atoms with Crippen LogP contribution in [-0.4, -0.2) is 23.1 Å². The molecule has 2 rings (SSSR count). The highest BCUT2D eigenvalue weighted by atomic mass is 32.1. The first kappa shape index (κ1) is 12.6. The third-order valence-corrected chi connectivity index (χ3v) is 3.28. The molecule has 0 aliphatic rings. The van der Waals surface area contributed by atoms with E-state index in [1.807, 2.05) is 0 Å². The van der Waals surface area contributed by atoms with E-state index < -0.39 is 0 Å². The molecule has 0 fully saturated rings. The van der Waals surface area contributed by atoms with Gasteiger partial charge >= 0.3 is 0 Å². The van der Waals surface area contributed by atoms with Gasteiger partial charge in [-0.2, -0.15) is 16.3 Å². The van der Waals surface area contributed by atoms with E-state index in [0.717, 1.165) is 6.42 Å². The lowest BCUT2D eigenvalue weighted by Crippen LogP contribution is -2.20. The number of nitrogens with zero attached hydrogens (tertiary/aromatic N) is 2. The Balaban J connectivity index is 2.05. The summed E-state index contributed by atoms with van der Waals surface area (Å²) in [6.45, 7) is 2.09. The van der Waals surface area contributed by atoms with Crippen LogP contribution in [0.4, 0.5) is 11.5 Å². The van der Waals surface area contributed by atoms with Crippen molar-refractivity contribution >= 4 is 22.8 Å². The van der Waals surface area contributed by atoms with Crippen LogP contribution in [0.5, 0.6) is 5.88 Å². The minimum absolute atomic E-state index is 0.238. The van der Waals surface area contributed by atoms with Crippen LogP contribution in [-0.2, 0) is 6.42 Å². The highest BCUT2D eigenvalue weighted by Crippen LogP contribution is 2.24. The summed E-state index contributed by atoms with van der Waals surface area (Å²) in [5.74, 6) is 1.01. The molecule has 96 valence electrons. The number of nitrogen functional groups attached to an aromatic ring is 1. The highest BCUT2D eigenvalue weighted by Gasteiger charge is 2.11. The van der Waals surface area contributed by atoms with Crippen LogP contribution in [0.3, 0.4) is 0 Å². The van der Waals surface area contributed by atoms with Gasteiger partial charge in [0.2, 0.25) is 5.88 Å². The van der Waals surface area contributed by atoms with Gasteiger partial charge in [-0.05, 0) is 35.7 Å². The summed E-state index contributed by atoms with van der Waals surface area (Å²) in [5.41, 5.74) is 7.65. The van der Waals surface area contributed by atoms with Crippen LogP contribution in [0.1, 0.15) is 12.5 Å². The lowest BCUT2D eigenvalue weighted by Gasteiger charge is -2.15. The number of nitrogens with one attached hydrogen (secondary N) is 1. The van der Waals surface area contributed by atoms with Gasteiger partial charge in [0.15, 0.2) is 5.82 Å². The van der Waals surface area contributed by atoms with Crippen LogP contribution >= 0.6 is 11.3 Å². The number of rotatable bonds is 5. The summed E-state index contributed by atoms with van der Waals surface area (Å²) in [6.07, 6.45) is 2.37. The second-order valence-electron chi connectivity index (χ2n) is 4.03. The number of thiophene rings is 1. The van der Waals surface area contributed by atoms with Gasteiger partial charge in [0.1, 0.15) is 12.0 Å².